The maximum absolute atomic E-state index is 9.16. The van der Waals surface area contributed by atoms with Crippen LogP contribution in [-0.2, 0) is 18.3 Å². The number of rotatable bonds is 6. The van der Waals surface area contributed by atoms with Crippen LogP contribution in [0.4, 0.5) is 4.79 Å². The molecule has 6 aliphatic rings. The molecule has 0 amide bonds. The van der Waals surface area contributed by atoms with Gasteiger partial charge in [0.05, 0.1) is 0 Å². The quantitative estimate of drug-likeness (QED) is 0.151. The van der Waals surface area contributed by atoms with Crippen LogP contribution in [-0.4, -0.2) is 37.8 Å². The van der Waals surface area contributed by atoms with Crippen molar-refractivity contribution in [2.24, 2.45) is 0 Å². The zero-order chi connectivity index (χ0) is 29.4. The van der Waals surface area contributed by atoms with Gasteiger partial charge in [-0.2, -0.15) is 0 Å². The van der Waals surface area contributed by atoms with Crippen molar-refractivity contribution in [3.05, 3.63) is 0 Å². The van der Waals surface area contributed by atoms with E-state index in [-0.39, 0.29) is 0 Å². The second-order valence-electron chi connectivity index (χ2n) is 14.9. The van der Waals surface area contributed by atoms with Crippen LogP contribution in [0.5, 0.6) is 0 Å². The van der Waals surface area contributed by atoms with Crippen molar-refractivity contribution in [2.75, 3.05) is 0 Å². The molecule has 0 unspecified atom stereocenters. The van der Waals surface area contributed by atoms with Crippen LogP contribution in [0.3, 0.4) is 0 Å². The standard InChI is InChI=1S/2C18H33P.CClO.Rh/c2*1-4-10-16(11-5-1)19(17-12-6-2-7-13-17)18-14-8-3-9-15-18;2-1-3;/h2*16-18H,1-15H2;;. The number of carbonyl (C=O) groups excluding carboxylic acids is 1. The van der Waals surface area contributed by atoms with Crippen LogP contribution in [0.1, 0.15) is 193 Å². The van der Waals surface area contributed by atoms with E-state index in [9.17, 15) is 0 Å². The first-order valence-electron chi connectivity index (χ1n) is 19.0. The number of hydrogen-bond acceptors (Lipinski definition) is 1. The third-order valence-electron chi connectivity index (χ3n) is 12.0. The monoisotopic (exact) mass is 726 g/mol. The molecule has 42 heavy (non-hydrogen) atoms. The first-order valence-corrected chi connectivity index (χ1v) is 23.3. The van der Waals surface area contributed by atoms with Crippen LogP contribution < -0.4 is 0 Å². The Morgan fingerprint density at radius 3 is 0.595 bits per heavy atom. The summed E-state index contributed by atoms with van der Waals surface area (Å²) in [6.07, 6.45) is 47.2. The molecular formula is C37H66ClOP2Rh. The van der Waals surface area contributed by atoms with Crippen molar-refractivity contribution in [2.45, 2.75) is 227 Å². The molecule has 0 radical (unpaired) electrons. The van der Waals surface area contributed by atoms with Gasteiger partial charge in [0.15, 0.2) is 0 Å². The van der Waals surface area contributed by atoms with Crippen LogP contribution >= 0.6 is 27.4 Å². The Hall–Kier alpha value is 1.44. The molecule has 0 aromatic heterocycles. The number of hydrogen-bond donors (Lipinski definition) is 0. The van der Waals surface area contributed by atoms with Gasteiger partial charge in [0.25, 0.3) is 0 Å². The SMILES string of the molecule is C1CCC(P(C2CCCCC2)C2CCCCC2)CC1.C1CCC(P(C2CCCCC2)C2CCCCC2)CC1.O=[C](Cl)[Rh]. The zero-order valence-corrected chi connectivity index (χ0v) is 31.4. The summed E-state index contributed by atoms with van der Waals surface area (Å²) in [5.41, 5.74) is 7.14. The van der Waals surface area contributed by atoms with E-state index in [1.165, 1.54) is 72.5 Å². The summed E-state index contributed by atoms with van der Waals surface area (Å²) < 4.78 is -0.471. The molecule has 1 nitrogen and oxygen atoms in total. The minimum absolute atomic E-state index is 0.385. The Morgan fingerprint density at radius 2 is 0.476 bits per heavy atom. The second-order valence-corrected chi connectivity index (χ2v) is 22.6. The number of carbonyl (C=O) groups is 1. The molecule has 0 atom stereocenters. The molecule has 0 heterocycles. The Kier molecular flexibility index (Phi) is 18.4. The van der Waals surface area contributed by atoms with E-state index in [1.54, 1.807) is 154 Å². The summed E-state index contributed by atoms with van der Waals surface area (Å²) in [4.78, 5) is 9.16. The van der Waals surface area contributed by atoms with Gasteiger partial charge in [-0.05, 0) is 111 Å². The molecule has 0 spiro atoms. The molecule has 6 rings (SSSR count). The summed E-state index contributed by atoms with van der Waals surface area (Å²) in [5, 5.41) is 0. The van der Waals surface area contributed by atoms with Crippen molar-refractivity contribution in [3.63, 3.8) is 0 Å². The number of halogens is 1. The van der Waals surface area contributed by atoms with Gasteiger partial charge in [-0.25, -0.2) is 0 Å². The summed E-state index contributed by atoms with van der Waals surface area (Å²) in [5.74, 6) is 0. The van der Waals surface area contributed by atoms with Crippen molar-refractivity contribution in [1.29, 1.82) is 0 Å². The average Bonchev–Trinajstić information content (AvgIpc) is 3.05. The fourth-order valence-corrected chi connectivity index (χ4v) is 19.4. The van der Waals surface area contributed by atoms with Crippen molar-refractivity contribution in [3.8, 4) is 0 Å². The van der Waals surface area contributed by atoms with E-state index >= 15 is 0 Å². The molecule has 246 valence electrons. The fraction of sp³-hybridized carbons (Fsp3) is 0.973. The molecule has 0 aromatic rings. The molecule has 5 heteroatoms. The normalized spacial score (nSPS) is 26.8. The van der Waals surface area contributed by atoms with Gasteiger partial charge in [0.2, 0.25) is 0 Å². The molecule has 0 saturated heterocycles. The van der Waals surface area contributed by atoms with Crippen LogP contribution in [0.2, 0.25) is 0 Å². The van der Waals surface area contributed by atoms with Gasteiger partial charge >= 0.3 is 38.5 Å². The molecule has 0 N–H and O–H groups in total. The van der Waals surface area contributed by atoms with Gasteiger partial charge in [-0.1, -0.05) is 131 Å². The fourth-order valence-electron chi connectivity index (χ4n) is 10.1. The predicted molar refractivity (Wildman–Crippen MR) is 186 cm³/mol. The topological polar surface area (TPSA) is 17.1 Å². The van der Waals surface area contributed by atoms with E-state index in [0.29, 0.717) is 15.8 Å². The Balaban J connectivity index is 0.000000171. The predicted octanol–water partition coefficient (Wildman–Crippen LogP) is 13.8. The maximum atomic E-state index is 9.16. The summed E-state index contributed by atoms with van der Waals surface area (Å²) in [7, 11) is 0.770. The third-order valence-corrected chi connectivity index (χ3v) is 20.1. The second kappa shape index (κ2) is 21.3. The summed E-state index contributed by atoms with van der Waals surface area (Å²) >= 11 is 6.53. The van der Waals surface area contributed by atoms with E-state index in [1.807, 2.05) is 18.3 Å². The van der Waals surface area contributed by atoms with E-state index in [0.717, 1.165) is 0 Å². The summed E-state index contributed by atoms with van der Waals surface area (Å²) in [6, 6.07) is 0. The first kappa shape index (κ1) is 36.3. The Labute approximate surface area is 279 Å². The molecule has 0 bridgehead atoms. The molecule has 6 fully saturated rings. The first-order chi connectivity index (χ1) is 20.6. The minimum atomic E-state index is -0.471. The third kappa shape index (κ3) is 12.6. The van der Waals surface area contributed by atoms with Gasteiger partial charge in [0.1, 0.15) is 0 Å². The Morgan fingerprint density at radius 1 is 0.357 bits per heavy atom. The van der Waals surface area contributed by atoms with Crippen LogP contribution in [0.25, 0.3) is 0 Å². The molecule has 0 aliphatic heterocycles. The van der Waals surface area contributed by atoms with E-state index < -0.39 is 3.84 Å². The zero-order valence-electron chi connectivity index (χ0n) is 27.2. The summed E-state index contributed by atoms with van der Waals surface area (Å²) in [6.45, 7) is 0. The average molecular weight is 727 g/mol. The van der Waals surface area contributed by atoms with Gasteiger partial charge in [0, 0.05) is 0 Å². The molecule has 6 saturated carbocycles. The van der Waals surface area contributed by atoms with E-state index in [2.05, 4.69) is 11.6 Å². The van der Waals surface area contributed by atoms with Crippen molar-refractivity contribution >= 4 is 31.3 Å². The van der Waals surface area contributed by atoms with Gasteiger partial charge in [-0.3, -0.25) is 0 Å². The van der Waals surface area contributed by atoms with Crippen molar-refractivity contribution in [1.82, 2.24) is 0 Å². The molecular weight excluding hydrogens is 661 g/mol. The van der Waals surface area contributed by atoms with Crippen LogP contribution in [0.15, 0.2) is 0 Å². The van der Waals surface area contributed by atoms with Crippen molar-refractivity contribution < 1.29 is 23.1 Å². The molecule has 6 aliphatic carbocycles. The van der Waals surface area contributed by atoms with Gasteiger partial charge in [-0.15, -0.1) is 0 Å². The van der Waals surface area contributed by atoms with E-state index in [4.69, 9.17) is 4.79 Å². The van der Waals surface area contributed by atoms with Gasteiger partial charge < -0.3 is 0 Å². The van der Waals surface area contributed by atoms with Crippen LogP contribution in [0, 0.1) is 0 Å². The Bertz CT molecular complexity index is 557. The molecule has 0 aromatic carbocycles.